The summed E-state index contributed by atoms with van der Waals surface area (Å²) in [6.07, 6.45) is 5.38. The van der Waals surface area contributed by atoms with Crippen molar-refractivity contribution in [1.82, 2.24) is 5.32 Å². The van der Waals surface area contributed by atoms with Gasteiger partial charge in [0.2, 0.25) is 5.91 Å². The molecule has 0 radical (unpaired) electrons. The van der Waals surface area contributed by atoms with Crippen LogP contribution in [0.15, 0.2) is 4.99 Å². The van der Waals surface area contributed by atoms with Gasteiger partial charge in [0.25, 0.3) is 0 Å². The second-order valence-corrected chi connectivity index (χ2v) is 8.27. The number of carboxylic acid groups (broad SMARTS) is 1. The summed E-state index contributed by atoms with van der Waals surface area (Å²) in [5.41, 5.74) is 10.4. The molecule has 1 saturated heterocycles. The monoisotopic (exact) mass is 362 g/mol. The highest BCUT2D eigenvalue weighted by Crippen LogP contribution is 2.39. The van der Waals surface area contributed by atoms with Crippen molar-refractivity contribution in [1.29, 1.82) is 0 Å². The third-order valence-electron chi connectivity index (χ3n) is 3.49. The number of nitrogens with one attached hydrogen (secondary N) is 1. The maximum absolute atomic E-state index is 11.8. The lowest BCUT2D eigenvalue weighted by atomic mass is 10.1. The lowest BCUT2D eigenvalue weighted by molar-refractivity contribution is -0.142. The molecule has 0 aromatic carbocycles. The van der Waals surface area contributed by atoms with Gasteiger partial charge in [-0.25, -0.2) is 4.79 Å². The van der Waals surface area contributed by atoms with Crippen molar-refractivity contribution in [2.24, 2.45) is 16.5 Å². The largest absolute Gasteiger partial charge is 0.480 e. The van der Waals surface area contributed by atoms with Crippen molar-refractivity contribution in [3.63, 3.8) is 0 Å². The molecule has 0 bridgehead atoms. The zero-order chi connectivity index (χ0) is 17.1. The van der Waals surface area contributed by atoms with Crippen LogP contribution in [0.2, 0.25) is 0 Å². The first-order valence-electron chi connectivity index (χ1n) is 7.85. The Kier molecular flexibility index (Phi) is 9.93. The molecule has 1 heterocycles. The molecule has 0 aromatic rings. The van der Waals surface area contributed by atoms with Gasteiger partial charge in [0.05, 0.1) is 0 Å². The van der Waals surface area contributed by atoms with Crippen molar-refractivity contribution < 1.29 is 14.7 Å². The van der Waals surface area contributed by atoms with E-state index < -0.39 is 12.0 Å². The first-order valence-corrected chi connectivity index (χ1v) is 10.2. The summed E-state index contributed by atoms with van der Waals surface area (Å²) in [7, 11) is 3.86. The third kappa shape index (κ3) is 9.60. The fourth-order valence-corrected chi connectivity index (χ4v) is 5.28. The minimum absolute atomic E-state index is 0.0141. The van der Waals surface area contributed by atoms with Crippen LogP contribution in [-0.2, 0) is 9.59 Å². The van der Waals surface area contributed by atoms with Crippen LogP contribution < -0.4 is 16.8 Å². The average molecular weight is 363 g/mol. The van der Waals surface area contributed by atoms with Gasteiger partial charge in [0.1, 0.15) is 6.04 Å². The maximum Gasteiger partial charge on any atom is 0.326 e. The van der Waals surface area contributed by atoms with E-state index in [1.165, 1.54) is 12.2 Å². The van der Waals surface area contributed by atoms with Gasteiger partial charge in [-0.1, -0.05) is 28.0 Å². The van der Waals surface area contributed by atoms with Crippen LogP contribution in [0.25, 0.3) is 0 Å². The summed E-state index contributed by atoms with van der Waals surface area (Å²) in [5.74, 6) is -0.0227. The number of guanidine groups is 1. The molecule has 6 N–H and O–H groups in total. The summed E-state index contributed by atoms with van der Waals surface area (Å²) < 4.78 is 0. The van der Waals surface area contributed by atoms with Gasteiger partial charge < -0.3 is 21.9 Å². The SMILES string of the molecule is NC(N)=NCCC[C@H](NC(=O)CCCC[C@@H]1CCSS1)C(=O)O. The fourth-order valence-electron chi connectivity index (χ4n) is 2.25. The number of aliphatic carboxylic acids is 1. The lowest BCUT2D eigenvalue weighted by Gasteiger charge is -2.14. The van der Waals surface area contributed by atoms with Gasteiger partial charge >= 0.3 is 5.97 Å². The summed E-state index contributed by atoms with van der Waals surface area (Å²) in [6.45, 7) is 0.360. The normalized spacial score (nSPS) is 18.3. The number of hydrogen-bond donors (Lipinski definition) is 4. The molecule has 0 saturated carbocycles. The number of carbonyl (C=O) groups is 2. The Hall–Kier alpha value is -1.09. The Balaban J connectivity index is 2.16. The Labute approximate surface area is 144 Å². The third-order valence-corrected chi connectivity index (χ3v) is 6.49. The summed E-state index contributed by atoms with van der Waals surface area (Å²) in [4.78, 5) is 26.8. The molecule has 1 amide bonds. The molecule has 7 nitrogen and oxygen atoms in total. The second-order valence-electron chi connectivity index (χ2n) is 5.48. The van der Waals surface area contributed by atoms with Crippen LogP contribution >= 0.6 is 21.6 Å². The molecule has 1 aliphatic heterocycles. The zero-order valence-corrected chi connectivity index (χ0v) is 14.8. The number of nitrogens with zero attached hydrogens (tertiary/aromatic N) is 1. The minimum atomic E-state index is -1.03. The fraction of sp³-hybridized carbons (Fsp3) is 0.786. The molecule has 9 heteroatoms. The van der Waals surface area contributed by atoms with Crippen molar-refractivity contribution >= 4 is 39.4 Å². The number of hydrogen-bond acceptors (Lipinski definition) is 5. The smallest absolute Gasteiger partial charge is 0.326 e. The van der Waals surface area contributed by atoms with E-state index in [1.54, 1.807) is 0 Å². The number of carbonyl (C=O) groups excluding carboxylic acids is 1. The van der Waals surface area contributed by atoms with Crippen molar-refractivity contribution in [3.05, 3.63) is 0 Å². The van der Waals surface area contributed by atoms with Crippen molar-refractivity contribution in [3.8, 4) is 0 Å². The number of carboxylic acids is 1. The molecule has 23 heavy (non-hydrogen) atoms. The van der Waals surface area contributed by atoms with E-state index >= 15 is 0 Å². The number of rotatable bonds is 11. The van der Waals surface area contributed by atoms with Gasteiger partial charge in [-0.15, -0.1) is 0 Å². The van der Waals surface area contributed by atoms with Gasteiger partial charge in [0, 0.05) is 24.0 Å². The van der Waals surface area contributed by atoms with Crippen LogP contribution in [-0.4, -0.2) is 46.5 Å². The highest BCUT2D eigenvalue weighted by atomic mass is 33.1. The molecule has 1 rings (SSSR count). The van der Waals surface area contributed by atoms with Crippen LogP contribution in [0, 0.1) is 0 Å². The molecule has 2 atom stereocenters. The van der Waals surface area contributed by atoms with Crippen molar-refractivity contribution in [2.45, 2.75) is 56.2 Å². The van der Waals surface area contributed by atoms with Gasteiger partial charge in [-0.05, 0) is 32.1 Å². The molecule has 132 valence electrons. The van der Waals surface area contributed by atoms with Crippen molar-refractivity contribution in [2.75, 3.05) is 12.3 Å². The first kappa shape index (κ1) is 20.0. The van der Waals surface area contributed by atoms with Crippen LogP contribution in [0.3, 0.4) is 0 Å². The Morgan fingerprint density at radius 2 is 2.09 bits per heavy atom. The molecule has 0 aliphatic carbocycles. The molecular formula is C14H26N4O3S2. The molecule has 0 spiro atoms. The summed E-state index contributed by atoms with van der Waals surface area (Å²) >= 11 is 0. The van der Waals surface area contributed by atoms with E-state index in [9.17, 15) is 9.59 Å². The van der Waals surface area contributed by atoms with E-state index in [1.807, 2.05) is 21.6 Å². The quantitative estimate of drug-likeness (QED) is 0.189. The number of nitrogens with two attached hydrogens (primary N) is 2. The Bertz CT molecular complexity index is 411. The second kappa shape index (κ2) is 11.4. The zero-order valence-electron chi connectivity index (χ0n) is 13.2. The first-order chi connectivity index (χ1) is 11.0. The predicted octanol–water partition coefficient (Wildman–Crippen LogP) is 1.32. The van der Waals surface area contributed by atoms with E-state index in [2.05, 4.69) is 10.3 Å². The Morgan fingerprint density at radius 1 is 1.30 bits per heavy atom. The van der Waals surface area contributed by atoms with E-state index in [0.29, 0.717) is 31.1 Å². The molecular weight excluding hydrogens is 336 g/mol. The van der Waals surface area contributed by atoms with Crippen LogP contribution in [0.1, 0.15) is 44.9 Å². The highest BCUT2D eigenvalue weighted by molar-refractivity contribution is 8.77. The molecule has 1 aliphatic rings. The van der Waals surface area contributed by atoms with Crippen LogP contribution in [0.5, 0.6) is 0 Å². The highest BCUT2D eigenvalue weighted by Gasteiger charge is 2.19. The number of unbranched alkanes of at least 4 members (excludes halogenated alkanes) is 1. The van der Waals surface area contributed by atoms with E-state index in [0.717, 1.165) is 19.3 Å². The van der Waals surface area contributed by atoms with E-state index in [-0.39, 0.29) is 11.9 Å². The number of amides is 1. The van der Waals surface area contributed by atoms with Gasteiger partial charge in [-0.2, -0.15) is 0 Å². The lowest BCUT2D eigenvalue weighted by Crippen LogP contribution is -2.40. The number of aliphatic imine (C=N–C) groups is 1. The standard InChI is InChI=1S/C14H26N4O3S2/c15-14(16)17-8-3-5-11(13(20)21)18-12(19)6-2-1-4-10-7-9-22-23-10/h10-11H,1-9H2,(H,18,19)(H,20,21)(H4,15,16,17)/t10-,11+/m1/s1. The molecule has 0 aromatic heterocycles. The van der Waals surface area contributed by atoms with Crippen LogP contribution in [0.4, 0.5) is 0 Å². The van der Waals surface area contributed by atoms with Gasteiger partial charge in [0.15, 0.2) is 5.96 Å². The maximum atomic E-state index is 11.8. The minimum Gasteiger partial charge on any atom is -0.480 e. The Morgan fingerprint density at radius 3 is 2.70 bits per heavy atom. The van der Waals surface area contributed by atoms with E-state index in [4.69, 9.17) is 16.6 Å². The van der Waals surface area contributed by atoms with Gasteiger partial charge in [-0.3, -0.25) is 9.79 Å². The average Bonchev–Trinajstić information content (AvgIpc) is 2.99. The molecule has 0 unspecified atom stereocenters. The topological polar surface area (TPSA) is 131 Å². The predicted molar refractivity (Wildman–Crippen MR) is 96.4 cm³/mol. The summed E-state index contributed by atoms with van der Waals surface area (Å²) in [5, 5.41) is 12.4. The summed E-state index contributed by atoms with van der Waals surface area (Å²) in [6, 6.07) is -0.876. The molecule has 1 fully saturated rings.